The topological polar surface area (TPSA) is 58.6 Å². The van der Waals surface area contributed by atoms with Gasteiger partial charge in [0.15, 0.2) is 5.58 Å². The molecule has 0 spiro atoms. The number of halogens is 2. The summed E-state index contributed by atoms with van der Waals surface area (Å²) in [5, 5.41) is 10.6. The number of aryl methyl sites for hydroxylation is 1. The van der Waals surface area contributed by atoms with Crippen molar-refractivity contribution in [3.05, 3.63) is 75.8 Å². The Bertz CT molecular complexity index is 1180. The lowest BCUT2D eigenvalue weighted by Gasteiger charge is -2.02. The second-order valence-electron chi connectivity index (χ2n) is 6.31. The zero-order chi connectivity index (χ0) is 19.7. The number of rotatable bonds is 4. The van der Waals surface area contributed by atoms with E-state index in [4.69, 9.17) is 27.6 Å². The van der Waals surface area contributed by atoms with Crippen molar-refractivity contribution in [3.63, 3.8) is 0 Å². The van der Waals surface area contributed by atoms with Crippen molar-refractivity contribution in [1.82, 2.24) is 4.98 Å². The fourth-order valence-corrected chi connectivity index (χ4v) is 3.34. The van der Waals surface area contributed by atoms with Crippen LogP contribution in [0.1, 0.15) is 18.1 Å². The number of hydrogen-bond acceptors (Lipinski definition) is 4. The molecule has 1 heterocycles. The molecule has 0 saturated heterocycles. The summed E-state index contributed by atoms with van der Waals surface area (Å²) in [6.07, 6.45) is 2.48. The summed E-state index contributed by atoms with van der Waals surface area (Å²) in [6, 6.07) is 16.6. The number of phenols is 1. The minimum absolute atomic E-state index is 0.0515. The van der Waals surface area contributed by atoms with Gasteiger partial charge in [-0.25, -0.2) is 4.98 Å². The molecular formula is C22H16Cl2N2O2. The van der Waals surface area contributed by atoms with Crippen molar-refractivity contribution < 1.29 is 9.52 Å². The normalized spacial score (nSPS) is 11.5. The molecule has 0 aliphatic carbocycles. The quantitative estimate of drug-likeness (QED) is 0.375. The van der Waals surface area contributed by atoms with E-state index in [0.29, 0.717) is 22.2 Å². The number of phenolic OH excluding ortho intramolecular Hbond substituents is 1. The largest absolute Gasteiger partial charge is 0.506 e. The van der Waals surface area contributed by atoms with Gasteiger partial charge in [-0.15, -0.1) is 0 Å². The van der Waals surface area contributed by atoms with Gasteiger partial charge in [0.2, 0.25) is 5.89 Å². The Balaban J connectivity index is 1.59. The Morgan fingerprint density at radius 2 is 1.86 bits per heavy atom. The fourth-order valence-electron chi connectivity index (χ4n) is 2.83. The summed E-state index contributed by atoms with van der Waals surface area (Å²) in [6.45, 7) is 2.11. The molecule has 0 fully saturated rings. The van der Waals surface area contributed by atoms with E-state index in [1.807, 2.05) is 42.5 Å². The maximum Gasteiger partial charge on any atom is 0.227 e. The van der Waals surface area contributed by atoms with Gasteiger partial charge in [0.1, 0.15) is 11.3 Å². The van der Waals surface area contributed by atoms with Crippen LogP contribution in [0.4, 0.5) is 5.69 Å². The number of aliphatic imine (C=N–C) groups is 1. The predicted octanol–water partition coefficient (Wildman–Crippen LogP) is 6.82. The number of aromatic nitrogens is 1. The number of benzene rings is 3. The SMILES string of the molecule is CCc1ccc2oc(-c3ccc(N=Cc4cc(Cl)cc(Cl)c4O)cc3)nc2c1. The highest BCUT2D eigenvalue weighted by atomic mass is 35.5. The molecule has 4 rings (SSSR count). The van der Waals surface area contributed by atoms with Crippen LogP contribution in [0.2, 0.25) is 10.0 Å². The monoisotopic (exact) mass is 410 g/mol. The molecule has 0 aliphatic rings. The van der Waals surface area contributed by atoms with Crippen molar-refractivity contribution >= 4 is 46.2 Å². The summed E-state index contributed by atoms with van der Waals surface area (Å²) in [5.74, 6) is 0.516. The van der Waals surface area contributed by atoms with Gasteiger partial charge in [-0.3, -0.25) is 4.99 Å². The van der Waals surface area contributed by atoms with Gasteiger partial charge < -0.3 is 9.52 Å². The number of nitrogens with zero attached hydrogens (tertiary/aromatic N) is 2. The van der Waals surface area contributed by atoms with Crippen molar-refractivity contribution in [2.75, 3.05) is 0 Å². The van der Waals surface area contributed by atoms with Crippen molar-refractivity contribution in [3.8, 4) is 17.2 Å². The van der Waals surface area contributed by atoms with Crippen molar-refractivity contribution in [1.29, 1.82) is 0 Å². The smallest absolute Gasteiger partial charge is 0.227 e. The number of hydrogen-bond donors (Lipinski definition) is 1. The van der Waals surface area contributed by atoms with Gasteiger partial charge in [-0.05, 0) is 60.5 Å². The lowest BCUT2D eigenvalue weighted by molar-refractivity contribution is 0.475. The summed E-state index contributed by atoms with van der Waals surface area (Å²) in [7, 11) is 0. The van der Waals surface area contributed by atoms with Gasteiger partial charge in [-0.2, -0.15) is 0 Å². The number of aromatic hydroxyl groups is 1. The van der Waals surface area contributed by atoms with Gasteiger partial charge in [-0.1, -0.05) is 36.2 Å². The highest BCUT2D eigenvalue weighted by Crippen LogP contribution is 2.31. The van der Waals surface area contributed by atoms with Gasteiger partial charge >= 0.3 is 0 Å². The molecule has 0 saturated carbocycles. The van der Waals surface area contributed by atoms with Crippen LogP contribution in [0.3, 0.4) is 0 Å². The Morgan fingerprint density at radius 3 is 2.61 bits per heavy atom. The molecule has 28 heavy (non-hydrogen) atoms. The van der Waals surface area contributed by atoms with Crippen LogP contribution < -0.4 is 0 Å². The van der Waals surface area contributed by atoms with Crippen molar-refractivity contribution in [2.45, 2.75) is 13.3 Å². The van der Waals surface area contributed by atoms with E-state index >= 15 is 0 Å². The van der Waals surface area contributed by atoms with Crippen LogP contribution in [0.5, 0.6) is 5.75 Å². The zero-order valence-corrected chi connectivity index (χ0v) is 16.5. The highest BCUT2D eigenvalue weighted by molar-refractivity contribution is 6.36. The third kappa shape index (κ3) is 3.75. The minimum Gasteiger partial charge on any atom is -0.506 e. The fraction of sp³-hybridized carbons (Fsp3) is 0.0909. The average Bonchev–Trinajstić information content (AvgIpc) is 3.13. The first-order chi connectivity index (χ1) is 13.5. The molecule has 140 valence electrons. The molecule has 0 bridgehead atoms. The second kappa shape index (κ2) is 7.66. The van der Waals surface area contributed by atoms with Crippen LogP contribution in [-0.4, -0.2) is 16.3 Å². The Hall–Kier alpha value is -2.82. The molecule has 4 aromatic rings. The van der Waals surface area contributed by atoms with E-state index in [0.717, 1.165) is 23.1 Å². The Labute approximate surface area is 172 Å². The first-order valence-electron chi connectivity index (χ1n) is 8.75. The third-order valence-electron chi connectivity index (χ3n) is 4.38. The molecule has 1 N–H and O–H groups in total. The minimum atomic E-state index is -0.0515. The van der Waals surface area contributed by atoms with Crippen LogP contribution in [0.15, 0.2) is 64.0 Å². The molecule has 4 nitrogen and oxygen atoms in total. The molecule has 6 heteroatoms. The van der Waals surface area contributed by atoms with E-state index in [-0.39, 0.29) is 10.8 Å². The maximum absolute atomic E-state index is 10.00. The van der Waals surface area contributed by atoms with Crippen LogP contribution >= 0.6 is 23.2 Å². The van der Waals surface area contributed by atoms with Crippen molar-refractivity contribution in [2.24, 2.45) is 4.99 Å². The van der Waals surface area contributed by atoms with Gasteiger partial charge in [0.05, 0.1) is 10.7 Å². The summed E-state index contributed by atoms with van der Waals surface area (Å²) in [5.41, 5.74) is 4.87. The van der Waals surface area contributed by atoms with E-state index in [9.17, 15) is 5.11 Å². The lowest BCUT2D eigenvalue weighted by Crippen LogP contribution is -1.84. The van der Waals surface area contributed by atoms with Gasteiger partial charge in [0.25, 0.3) is 0 Å². The zero-order valence-electron chi connectivity index (χ0n) is 15.0. The summed E-state index contributed by atoms with van der Waals surface area (Å²) in [4.78, 5) is 8.94. The van der Waals surface area contributed by atoms with E-state index < -0.39 is 0 Å². The van der Waals surface area contributed by atoms with Crippen LogP contribution in [0, 0.1) is 0 Å². The molecule has 0 atom stereocenters. The number of fused-ring (bicyclic) bond motifs is 1. The maximum atomic E-state index is 10.00. The highest BCUT2D eigenvalue weighted by Gasteiger charge is 2.09. The Kier molecular flexibility index (Phi) is 5.07. The first kappa shape index (κ1) is 18.5. The van der Waals surface area contributed by atoms with Crippen LogP contribution in [0.25, 0.3) is 22.6 Å². The molecule has 1 aromatic heterocycles. The summed E-state index contributed by atoms with van der Waals surface area (Å²) >= 11 is 11.9. The third-order valence-corrected chi connectivity index (χ3v) is 4.89. The number of oxazole rings is 1. The molecular weight excluding hydrogens is 395 g/mol. The van der Waals surface area contributed by atoms with E-state index in [2.05, 4.69) is 16.9 Å². The molecule has 0 amide bonds. The standard InChI is InChI=1S/C22H16Cl2N2O2/c1-2-13-3-8-20-19(9-13)26-22(28-20)14-4-6-17(7-5-14)25-12-15-10-16(23)11-18(24)21(15)27/h3-12,27H,2H2,1H3. The molecule has 0 radical (unpaired) electrons. The molecule has 0 aliphatic heterocycles. The van der Waals surface area contributed by atoms with Crippen LogP contribution in [-0.2, 0) is 6.42 Å². The predicted molar refractivity (Wildman–Crippen MR) is 114 cm³/mol. The van der Waals surface area contributed by atoms with E-state index in [1.54, 1.807) is 6.07 Å². The second-order valence-corrected chi connectivity index (χ2v) is 7.15. The Morgan fingerprint density at radius 1 is 1.07 bits per heavy atom. The van der Waals surface area contributed by atoms with E-state index in [1.165, 1.54) is 17.8 Å². The van der Waals surface area contributed by atoms with Gasteiger partial charge in [0, 0.05) is 22.4 Å². The molecule has 0 unspecified atom stereocenters. The molecule has 3 aromatic carbocycles. The first-order valence-corrected chi connectivity index (χ1v) is 9.51. The summed E-state index contributed by atoms with van der Waals surface area (Å²) < 4.78 is 5.85. The average molecular weight is 411 g/mol. The lowest BCUT2D eigenvalue weighted by atomic mass is 10.1.